The van der Waals surface area contributed by atoms with Gasteiger partial charge in [0, 0.05) is 9.13 Å². The molecule has 0 aromatic carbocycles. The Labute approximate surface area is 99.9 Å². The highest BCUT2D eigenvalue weighted by Gasteiger charge is 2.31. The molecule has 0 aromatic heterocycles. The van der Waals surface area contributed by atoms with Gasteiger partial charge in [0.1, 0.15) is 0 Å². The number of rotatable bonds is 7. The molecule has 12 heteroatoms. The van der Waals surface area contributed by atoms with Crippen molar-refractivity contribution in [3.05, 3.63) is 0 Å². The average Bonchev–Trinajstić information content (AvgIpc) is 2.09. The van der Waals surface area contributed by atoms with E-state index in [1.807, 2.05) is 6.92 Å². The van der Waals surface area contributed by atoms with Crippen molar-refractivity contribution in [2.24, 2.45) is 0 Å². The molecule has 0 saturated carbocycles. The smallest absolute Gasteiger partial charge is 0.303 e. The zero-order chi connectivity index (χ0) is 13.9. The molecule has 2 atom stereocenters. The second-order valence-corrected chi connectivity index (χ2v) is 5.43. The molecule has 0 fully saturated rings. The second kappa shape index (κ2) is 11.3. The molecule has 0 heterocycles. The van der Waals surface area contributed by atoms with Crippen LogP contribution in [0.25, 0.3) is 0 Å². The first-order valence-corrected chi connectivity index (χ1v) is 8.18. The predicted octanol–water partition coefficient (Wildman–Crippen LogP) is 1.59. The fraction of sp³-hybridized carbons (Fsp3) is 1.00. The molecule has 0 aliphatic carbocycles. The van der Waals surface area contributed by atoms with Crippen molar-refractivity contribution in [3.8, 4) is 0 Å². The molecule has 0 aliphatic rings. The summed E-state index contributed by atoms with van der Waals surface area (Å²) in [6, 6.07) is 0. The summed E-state index contributed by atoms with van der Waals surface area (Å²) in [4.78, 5) is 31.7. The molecule has 2 unspecified atom stereocenters. The lowest BCUT2D eigenvalue weighted by molar-refractivity contribution is 0.193. The second-order valence-electron chi connectivity index (χ2n) is 2.59. The van der Waals surface area contributed by atoms with Gasteiger partial charge in [-0.15, -0.1) is 9.79 Å². The van der Waals surface area contributed by atoms with Crippen molar-refractivity contribution in [1.29, 1.82) is 0 Å². The van der Waals surface area contributed by atoms with E-state index in [0.717, 1.165) is 12.8 Å². The van der Waals surface area contributed by atoms with Gasteiger partial charge in [-0.25, -0.2) is 4.57 Å². The van der Waals surface area contributed by atoms with Crippen molar-refractivity contribution in [2.75, 3.05) is 6.61 Å². The highest BCUT2D eigenvalue weighted by Crippen LogP contribution is 2.35. The monoisotopic (exact) mass is 312 g/mol. The fourth-order valence-electron chi connectivity index (χ4n) is 0.595. The van der Waals surface area contributed by atoms with E-state index in [0.29, 0.717) is 6.42 Å². The third-order valence-electron chi connectivity index (χ3n) is 1.15. The summed E-state index contributed by atoms with van der Waals surface area (Å²) in [5, 5.41) is 0. The highest BCUT2D eigenvalue weighted by atomic mass is 31.2. The average molecular weight is 312 g/mol. The zero-order valence-corrected chi connectivity index (χ0v) is 11.7. The molecule has 4 N–H and O–H groups in total. The number of hydrogen-bond acceptors (Lipinski definition) is 5. The molecule has 9 nitrogen and oxygen atoms in total. The molecule has 102 valence electrons. The van der Waals surface area contributed by atoms with Gasteiger partial charge in [0.25, 0.3) is 0 Å². The van der Waals surface area contributed by atoms with Crippen LogP contribution in [0.2, 0.25) is 0 Å². The van der Waals surface area contributed by atoms with Gasteiger partial charge in [-0.1, -0.05) is 19.8 Å². The summed E-state index contributed by atoms with van der Waals surface area (Å²) in [5.41, 5.74) is 0. The quantitative estimate of drug-likeness (QED) is 0.405. The standard InChI is InChI=1S/C5H13O4P.O5P2/c1-2-3-4-5-9-10(6,7)8;1-6(2)5-7(3)4/h2-5H2,1H3,(H2,6,7,8);/p+2. The Morgan fingerprint density at radius 3 is 1.82 bits per heavy atom. The van der Waals surface area contributed by atoms with Crippen LogP contribution in [0.1, 0.15) is 26.2 Å². The highest BCUT2D eigenvalue weighted by molar-refractivity contribution is 7.46. The summed E-state index contributed by atoms with van der Waals surface area (Å²) >= 11 is 0. The molecule has 0 saturated heterocycles. The molecule has 0 aliphatic heterocycles. The topological polar surface area (TPSA) is 151 Å². The van der Waals surface area contributed by atoms with Crippen molar-refractivity contribution in [3.63, 3.8) is 0 Å². The van der Waals surface area contributed by atoms with E-state index in [1.54, 1.807) is 0 Å². The minimum Gasteiger partial charge on any atom is -0.303 e. The van der Waals surface area contributed by atoms with Gasteiger partial charge in [0.05, 0.1) is 6.61 Å². The molecule has 0 rings (SSSR count). The first-order chi connectivity index (χ1) is 7.69. The summed E-state index contributed by atoms with van der Waals surface area (Å²) < 4.78 is 36.4. The predicted molar refractivity (Wildman–Crippen MR) is 58.3 cm³/mol. The Hall–Kier alpha value is 0.190. The van der Waals surface area contributed by atoms with Gasteiger partial charge in [0.15, 0.2) is 4.31 Å². The van der Waals surface area contributed by atoms with Crippen molar-refractivity contribution in [1.82, 2.24) is 0 Å². The Bertz CT molecular complexity index is 262. The maximum Gasteiger partial charge on any atom is 0.745 e. The molecule has 0 aromatic rings. The van der Waals surface area contributed by atoms with Crippen molar-refractivity contribution < 1.29 is 42.1 Å². The Balaban J connectivity index is 0. The Kier molecular flexibility index (Phi) is 13.0. The van der Waals surface area contributed by atoms with Gasteiger partial charge in [0.2, 0.25) is 0 Å². The molecule has 17 heavy (non-hydrogen) atoms. The molecule has 0 bridgehead atoms. The van der Waals surface area contributed by atoms with E-state index in [9.17, 15) is 13.7 Å². The lowest BCUT2D eigenvalue weighted by Crippen LogP contribution is -1.91. The summed E-state index contributed by atoms with van der Waals surface area (Å²) in [6.07, 6.45) is 2.67. The Morgan fingerprint density at radius 2 is 1.59 bits per heavy atom. The minimum absolute atomic E-state index is 0.151. The number of phosphoric acid groups is 1. The maximum atomic E-state index is 10.1. The SMILES string of the molecule is CCCCCOP(=O)(O)O.O=[P+](O)O[P+](=O)O. The molecule has 0 amide bonds. The lowest BCUT2D eigenvalue weighted by atomic mass is 10.3. The first kappa shape index (κ1) is 19.5. The number of phosphoric ester groups is 1. The van der Waals surface area contributed by atoms with E-state index in [1.165, 1.54) is 0 Å². The largest absolute Gasteiger partial charge is 0.745 e. The van der Waals surface area contributed by atoms with Crippen LogP contribution in [0, 0.1) is 0 Å². The van der Waals surface area contributed by atoms with Crippen LogP contribution in [-0.4, -0.2) is 26.2 Å². The normalized spacial score (nSPS) is 12.5. The molecular weight excluding hydrogens is 297 g/mol. The van der Waals surface area contributed by atoms with E-state index in [-0.39, 0.29) is 6.61 Å². The van der Waals surface area contributed by atoms with E-state index < -0.39 is 24.3 Å². The van der Waals surface area contributed by atoms with Gasteiger partial charge < -0.3 is 9.79 Å². The third kappa shape index (κ3) is 26.0. The van der Waals surface area contributed by atoms with Crippen molar-refractivity contribution >= 4 is 24.3 Å². The molecule has 0 radical (unpaired) electrons. The first-order valence-electron chi connectivity index (χ1n) is 4.39. The summed E-state index contributed by atoms with van der Waals surface area (Å²) in [7, 11) is -10.1. The van der Waals surface area contributed by atoms with Crippen LogP contribution >= 0.6 is 24.3 Å². The van der Waals surface area contributed by atoms with Crippen LogP contribution in [0.15, 0.2) is 0 Å². The van der Waals surface area contributed by atoms with Gasteiger partial charge >= 0.3 is 24.3 Å². The van der Waals surface area contributed by atoms with E-state index in [2.05, 4.69) is 8.83 Å². The maximum absolute atomic E-state index is 10.1. The summed E-state index contributed by atoms with van der Waals surface area (Å²) in [5.74, 6) is 0. The number of unbranched alkanes of at least 4 members (excludes halogenated alkanes) is 2. The van der Waals surface area contributed by atoms with Gasteiger partial charge in [-0.2, -0.15) is 0 Å². The summed E-state index contributed by atoms with van der Waals surface area (Å²) in [6.45, 7) is 2.16. The third-order valence-corrected chi connectivity index (χ3v) is 2.78. The van der Waals surface area contributed by atoms with Crippen LogP contribution in [0.4, 0.5) is 0 Å². The lowest BCUT2D eigenvalue weighted by Gasteiger charge is -2.02. The van der Waals surface area contributed by atoms with Crippen LogP contribution in [0.3, 0.4) is 0 Å². The van der Waals surface area contributed by atoms with E-state index in [4.69, 9.17) is 19.6 Å². The van der Waals surface area contributed by atoms with Crippen LogP contribution in [-0.2, 0) is 22.5 Å². The molecular formula is C5H15O9P3+2. The van der Waals surface area contributed by atoms with Crippen LogP contribution in [0.5, 0.6) is 0 Å². The zero-order valence-electron chi connectivity index (χ0n) is 9.00. The number of hydrogen-bond donors (Lipinski definition) is 4. The fourth-order valence-corrected chi connectivity index (χ4v) is 1.44. The Morgan fingerprint density at radius 1 is 1.12 bits per heavy atom. The van der Waals surface area contributed by atoms with Crippen LogP contribution < -0.4 is 0 Å². The minimum atomic E-state index is -4.21. The van der Waals surface area contributed by atoms with Crippen molar-refractivity contribution in [2.45, 2.75) is 26.2 Å². The van der Waals surface area contributed by atoms with Gasteiger partial charge in [-0.05, 0) is 6.42 Å². The van der Waals surface area contributed by atoms with E-state index >= 15 is 0 Å². The van der Waals surface area contributed by atoms with Gasteiger partial charge in [-0.3, -0.25) is 4.52 Å². The molecule has 0 spiro atoms.